The summed E-state index contributed by atoms with van der Waals surface area (Å²) in [5.74, 6) is 0.658. The lowest BCUT2D eigenvalue weighted by molar-refractivity contribution is 0.0588. The third-order valence-electron chi connectivity index (χ3n) is 9.45. The van der Waals surface area contributed by atoms with E-state index in [-0.39, 0.29) is 0 Å². The Morgan fingerprint density at radius 1 is 0.370 bits per heavy atom. The summed E-state index contributed by atoms with van der Waals surface area (Å²) < 4.78 is 23.7. The minimum Gasteiger partial charge on any atom is -0.465 e. The molecular weight excluding hydrogens is 673 g/mol. The molecule has 0 saturated heterocycles. The van der Waals surface area contributed by atoms with Crippen molar-refractivity contribution < 1.29 is 28.5 Å². The van der Waals surface area contributed by atoms with Gasteiger partial charge in [0.15, 0.2) is 0 Å². The quantitative estimate of drug-likeness (QED) is 0.139. The molecule has 0 aromatic heterocycles. The fourth-order valence-electron chi connectivity index (χ4n) is 6.83. The van der Waals surface area contributed by atoms with E-state index in [1.54, 1.807) is 36.4 Å². The summed E-state index contributed by atoms with van der Waals surface area (Å²) in [4.78, 5) is 25.8. The minimum absolute atomic E-state index is 0.291. The predicted molar refractivity (Wildman–Crippen MR) is 213 cm³/mol. The van der Waals surface area contributed by atoms with Crippen LogP contribution in [0.1, 0.15) is 20.7 Å². The number of esters is 2. The summed E-state index contributed by atoms with van der Waals surface area (Å²) in [6, 6.07) is 55.0. The van der Waals surface area contributed by atoms with Crippen LogP contribution in [-0.4, -0.2) is 26.2 Å². The van der Waals surface area contributed by atoms with Crippen LogP contribution in [0.25, 0.3) is 54.9 Å². The fourth-order valence-corrected chi connectivity index (χ4v) is 6.83. The van der Waals surface area contributed by atoms with E-state index in [2.05, 4.69) is 60.7 Å². The first-order valence-corrected chi connectivity index (χ1v) is 17.5. The van der Waals surface area contributed by atoms with Gasteiger partial charge in [-0.3, -0.25) is 0 Å². The molecule has 0 aliphatic heterocycles. The highest BCUT2D eigenvalue weighted by atomic mass is 16.5. The van der Waals surface area contributed by atoms with Crippen molar-refractivity contribution in [3.05, 3.63) is 181 Å². The molecule has 0 amide bonds. The molecular formula is C48H34O6. The Balaban J connectivity index is 1.42. The molecule has 54 heavy (non-hydrogen) atoms. The van der Waals surface area contributed by atoms with Gasteiger partial charge >= 0.3 is 11.9 Å². The van der Waals surface area contributed by atoms with E-state index in [0.29, 0.717) is 34.1 Å². The van der Waals surface area contributed by atoms with Gasteiger partial charge in [0.05, 0.1) is 14.2 Å². The van der Waals surface area contributed by atoms with Gasteiger partial charge in [-0.1, -0.05) is 121 Å². The molecule has 6 heteroatoms. The number of rotatable bonds is 9. The van der Waals surface area contributed by atoms with E-state index in [1.165, 1.54) is 14.2 Å². The van der Waals surface area contributed by atoms with Crippen LogP contribution in [0.2, 0.25) is 0 Å². The van der Waals surface area contributed by atoms with Crippen LogP contribution in [0.3, 0.4) is 0 Å². The SMILES string of the molecule is COC(=O)c1ccccc1Oc1ccc2cc(-c3ccccc3)ccc2c1-c1c(Oc2ccccc2C(=O)OC)ccc2cc(-c3ccccc3)ccc12. The van der Waals surface area contributed by atoms with E-state index < -0.39 is 11.9 Å². The standard InChI is InChI=1S/C48H34O6/c1-51-47(49)39-17-9-11-19-41(39)53-43-27-23-35-29-33(31-13-5-3-6-14-31)21-25-37(35)45(43)46-38-26-22-34(32-15-7-4-8-16-32)30-36(38)24-28-44(46)54-42-20-12-10-18-40(42)48(50)52-2/h3-30H,1-2H3. The number of ether oxygens (including phenoxy) is 4. The number of para-hydroxylation sites is 2. The van der Waals surface area contributed by atoms with E-state index in [0.717, 1.165) is 54.9 Å². The van der Waals surface area contributed by atoms with Crippen molar-refractivity contribution in [3.8, 4) is 56.4 Å². The van der Waals surface area contributed by atoms with Crippen molar-refractivity contribution in [3.63, 3.8) is 0 Å². The highest BCUT2D eigenvalue weighted by molar-refractivity contribution is 6.11. The fraction of sp³-hybridized carbons (Fsp3) is 0.0417. The normalized spacial score (nSPS) is 10.9. The topological polar surface area (TPSA) is 71.1 Å². The second-order valence-corrected chi connectivity index (χ2v) is 12.7. The zero-order chi connectivity index (χ0) is 37.0. The second-order valence-electron chi connectivity index (χ2n) is 12.7. The number of hydrogen-bond acceptors (Lipinski definition) is 6. The molecule has 0 spiro atoms. The summed E-state index contributed by atoms with van der Waals surface area (Å²) in [6.07, 6.45) is 0. The van der Waals surface area contributed by atoms with Crippen molar-refractivity contribution in [2.75, 3.05) is 14.2 Å². The lowest BCUT2D eigenvalue weighted by Gasteiger charge is -2.21. The van der Waals surface area contributed by atoms with Crippen molar-refractivity contribution in [1.29, 1.82) is 0 Å². The highest BCUT2D eigenvalue weighted by Crippen LogP contribution is 2.49. The zero-order valence-electron chi connectivity index (χ0n) is 29.6. The first-order chi connectivity index (χ1) is 26.5. The molecule has 0 radical (unpaired) electrons. The Morgan fingerprint density at radius 2 is 0.759 bits per heavy atom. The highest BCUT2D eigenvalue weighted by Gasteiger charge is 2.24. The van der Waals surface area contributed by atoms with Gasteiger partial charge in [-0.15, -0.1) is 0 Å². The molecule has 8 aromatic carbocycles. The van der Waals surface area contributed by atoms with Gasteiger partial charge in [0.2, 0.25) is 0 Å². The molecule has 8 rings (SSSR count). The summed E-state index contributed by atoms with van der Waals surface area (Å²) in [5.41, 5.74) is 6.38. The number of fused-ring (bicyclic) bond motifs is 2. The van der Waals surface area contributed by atoms with E-state index >= 15 is 0 Å². The first kappa shape index (κ1) is 33.9. The lowest BCUT2D eigenvalue weighted by Crippen LogP contribution is -2.04. The number of carbonyl (C=O) groups is 2. The largest absolute Gasteiger partial charge is 0.465 e. The Kier molecular flexibility index (Phi) is 9.31. The van der Waals surface area contributed by atoms with Crippen molar-refractivity contribution in [2.24, 2.45) is 0 Å². The first-order valence-electron chi connectivity index (χ1n) is 17.5. The molecule has 0 atom stereocenters. The second kappa shape index (κ2) is 14.8. The van der Waals surface area contributed by atoms with Gasteiger partial charge in [0.1, 0.15) is 34.1 Å². The average Bonchev–Trinajstić information content (AvgIpc) is 3.24. The molecule has 0 unspecified atom stereocenters. The predicted octanol–water partition coefficient (Wildman–Crippen LogP) is 12.2. The smallest absolute Gasteiger partial charge is 0.341 e. The summed E-state index contributed by atoms with van der Waals surface area (Å²) in [7, 11) is 2.70. The molecule has 0 bridgehead atoms. The van der Waals surface area contributed by atoms with Gasteiger partial charge in [-0.05, 0) is 92.3 Å². The van der Waals surface area contributed by atoms with Crippen LogP contribution in [0.5, 0.6) is 23.0 Å². The molecule has 8 aromatic rings. The van der Waals surface area contributed by atoms with Crippen LogP contribution in [0, 0.1) is 0 Å². The van der Waals surface area contributed by atoms with Gasteiger partial charge in [-0.2, -0.15) is 0 Å². The molecule has 0 N–H and O–H groups in total. The summed E-state index contributed by atoms with van der Waals surface area (Å²) in [5, 5.41) is 3.74. The molecule has 0 saturated carbocycles. The van der Waals surface area contributed by atoms with Gasteiger partial charge in [0, 0.05) is 11.1 Å². The molecule has 0 fully saturated rings. The van der Waals surface area contributed by atoms with Crippen LogP contribution < -0.4 is 9.47 Å². The summed E-state index contributed by atoms with van der Waals surface area (Å²) >= 11 is 0. The Hall–Kier alpha value is -7.18. The Morgan fingerprint density at radius 3 is 1.17 bits per heavy atom. The molecule has 6 nitrogen and oxygen atoms in total. The van der Waals surface area contributed by atoms with E-state index in [9.17, 15) is 9.59 Å². The van der Waals surface area contributed by atoms with Crippen LogP contribution in [0.15, 0.2) is 170 Å². The van der Waals surface area contributed by atoms with Crippen molar-refractivity contribution in [1.82, 2.24) is 0 Å². The van der Waals surface area contributed by atoms with Crippen LogP contribution in [0.4, 0.5) is 0 Å². The third kappa shape index (κ3) is 6.53. The van der Waals surface area contributed by atoms with Crippen LogP contribution in [-0.2, 0) is 9.47 Å². The van der Waals surface area contributed by atoms with Gasteiger partial charge in [0.25, 0.3) is 0 Å². The van der Waals surface area contributed by atoms with Crippen LogP contribution >= 0.6 is 0 Å². The third-order valence-corrected chi connectivity index (χ3v) is 9.45. The maximum Gasteiger partial charge on any atom is 0.341 e. The Labute approximate surface area is 312 Å². The van der Waals surface area contributed by atoms with E-state index in [4.69, 9.17) is 18.9 Å². The Bertz CT molecular complexity index is 2480. The lowest BCUT2D eigenvalue weighted by atomic mass is 9.90. The number of carbonyl (C=O) groups excluding carboxylic acids is 2. The maximum absolute atomic E-state index is 12.9. The van der Waals surface area contributed by atoms with Crippen molar-refractivity contribution in [2.45, 2.75) is 0 Å². The number of methoxy groups -OCH3 is 2. The zero-order valence-corrected chi connectivity index (χ0v) is 29.6. The van der Waals surface area contributed by atoms with Gasteiger partial charge in [-0.25, -0.2) is 9.59 Å². The minimum atomic E-state index is -0.512. The number of benzene rings is 8. The molecule has 0 aliphatic carbocycles. The summed E-state index contributed by atoms with van der Waals surface area (Å²) in [6.45, 7) is 0. The maximum atomic E-state index is 12.9. The molecule has 0 aliphatic rings. The average molecular weight is 707 g/mol. The molecule has 0 heterocycles. The number of hydrogen-bond donors (Lipinski definition) is 0. The van der Waals surface area contributed by atoms with E-state index in [1.807, 2.05) is 72.8 Å². The molecule has 262 valence electrons. The van der Waals surface area contributed by atoms with Crippen molar-refractivity contribution >= 4 is 33.5 Å². The monoisotopic (exact) mass is 706 g/mol. The van der Waals surface area contributed by atoms with Gasteiger partial charge < -0.3 is 18.9 Å².